The third kappa shape index (κ3) is 2.58. The van der Waals surface area contributed by atoms with Crippen LogP contribution in [0.2, 0.25) is 0 Å². The molecule has 0 saturated carbocycles. The van der Waals surface area contributed by atoms with Gasteiger partial charge in [-0.25, -0.2) is 9.97 Å². The molecule has 4 aromatic heterocycles. The summed E-state index contributed by atoms with van der Waals surface area (Å²) >= 11 is 1.33. The number of nitrogens with zero attached hydrogens (tertiary/aromatic N) is 3. The van der Waals surface area contributed by atoms with Gasteiger partial charge in [0.2, 0.25) is 0 Å². The standard InChI is InChI=1S/C17H12N6OS/c18-7-13-10(19)4-5-12(21-13)16-22-14-9(11-3-1-2-6-20-11)8-25-15(14)17(24)23-16/h1-8,18H,19H2,(H,22,23,24). The number of nitrogens with one attached hydrogen (secondary N) is 2. The maximum atomic E-state index is 12.4. The third-order valence-electron chi connectivity index (χ3n) is 3.70. The average molecular weight is 348 g/mol. The lowest BCUT2D eigenvalue weighted by Gasteiger charge is -2.05. The Balaban J connectivity index is 1.95. The number of thiophene rings is 1. The van der Waals surface area contributed by atoms with Gasteiger partial charge >= 0.3 is 0 Å². The zero-order valence-corrected chi connectivity index (χ0v) is 13.7. The molecule has 25 heavy (non-hydrogen) atoms. The number of nitrogen functional groups attached to an aromatic ring is 1. The summed E-state index contributed by atoms with van der Waals surface area (Å²) in [4.78, 5) is 28.4. The highest BCUT2D eigenvalue weighted by molar-refractivity contribution is 7.17. The van der Waals surface area contributed by atoms with E-state index in [1.165, 1.54) is 11.3 Å². The van der Waals surface area contributed by atoms with Crippen molar-refractivity contribution in [1.82, 2.24) is 19.9 Å². The predicted molar refractivity (Wildman–Crippen MR) is 99.0 cm³/mol. The minimum absolute atomic E-state index is 0.234. The molecule has 4 heterocycles. The Morgan fingerprint density at radius 2 is 2.04 bits per heavy atom. The van der Waals surface area contributed by atoms with Crippen molar-refractivity contribution >= 4 is 33.5 Å². The van der Waals surface area contributed by atoms with Crippen LogP contribution in [0.5, 0.6) is 0 Å². The molecule has 0 aliphatic rings. The third-order valence-corrected chi connectivity index (χ3v) is 4.67. The minimum atomic E-state index is -0.234. The largest absolute Gasteiger partial charge is 0.397 e. The molecule has 4 rings (SSSR count). The number of nitrogens with two attached hydrogens (primary N) is 1. The lowest BCUT2D eigenvalue weighted by molar-refractivity contribution is 1.14. The SMILES string of the molecule is N=Cc1nc(-c2nc3c(-c4ccccn4)csc3c(=O)[nH]2)ccc1N. The number of hydrogen-bond donors (Lipinski definition) is 3. The molecule has 8 heteroatoms. The predicted octanol–water partition coefficient (Wildman–Crippen LogP) is 2.69. The fraction of sp³-hybridized carbons (Fsp3) is 0. The van der Waals surface area contributed by atoms with E-state index < -0.39 is 0 Å². The van der Waals surface area contributed by atoms with Crippen molar-refractivity contribution in [3.8, 4) is 22.8 Å². The van der Waals surface area contributed by atoms with E-state index in [1.54, 1.807) is 18.3 Å². The van der Waals surface area contributed by atoms with Gasteiger partial charge < -0.3 is 16.1 Å². The molecule has 0 spiro atoms. The highest BCUT2D eigenvalue weighted by Crippen LogP contribution is 2.30. The minimum Gasteiger partial charge on any atom is -0.397 e. The van der Waals surface area contributed by atoms with Crippen LogP contribution in [0.4, 0.5) is 5.69 Å². The zero-order chi connectivity index (χ0) is 17.4. The van der Waals surface area contributed by atoms with Crippen molar-refractivity contribution < 1.29 is 0 Å². The van der Waals surface area contributed by atoms with Gasteiger partial charge in [0.15, 0.2) is 5.82 Å². The number of hydrogen-bond acceptors (Lipinski definition) is 7. The Hall–Kier alpha value is -3.39. The topological polar surface area (TPSA) is 121 Å². The molecule has 0 amide bonds. The van der Waals surface area contributed by atoms with Crippen LogP contribution in [0.15, 0.2) is 46.7 Å². The summed E-state index contributed by atoms with van der Waals surface area (Å²) in [6.07, 6.45) is 2.77. The van der Waals surface area contributed by atoms with Crippen LogP contribution in [-0.4, -0.2) is 26.2 Å². The number of pyridine rings is 2. The molecule has 4 aromatic rings. The van der Waals surface area contributed by atoms with Crippen LogP contribution in [0.25, 0.3) is 33.0 Å². The van der Waals surface area contributed by atoms with E-state index in [1.807, 2.05) is 23.6 Å². The van der Waals surface area contributed by atoms with Gasteiger partial charge in [-0.1, -0.05) is 6.07 Å². The Labute approximate surface area is 145 Å². The lowest BCUT2D eigenvalue weighted by atomic mass is 10.2. The number of rotatable bonds is 3. The first-order valence-electron chi connectivity index (χ1n) is 7.37. The van der Waals surface area contributed by atoms with Crippen molar-refractivity contribution in [2.45, 2.75) is 0 Å². The Kier molecular flexibility index (Phi) is 3.58. The molecule has 7 nitrogen and oxygen atoms in total. The van der Waals surface area contributed by atoms with Crippen LogP contribution in [0.3, 0.4) is 0 Å². The first kappa shape index (κ1) is 15.2. The van der Waals surface area contributed by atoms with E-state index in [4.69, 9.17) is 11.1 Å². The molecule has 0 fully saturated rings. The number of fused-ring (bicyclic) bond motifs is 1. The number of H-pyrrole nitrogens is 1. The first-order chi connectivity index (χ1) is 12.2. The van der Waals surface area contributed by atoms with Crippen molar-refractivity contribution in [2.24, 2.45) is 0 Å². The van der Waals surface area contributed by atoms with E-state index in [0.717, 1.165) is 17.5 Å². The smallest absolute Gasteiger partial charge is 0.269 e. The summed E-state index contributed by atoms with van der Waals surface area (Å²) in [7, 11) is 0. The van der Waals surface area contributed by atoms with Gasteiger partial charge in [0.05, 0.1) is 16.9 Å². The van der Waals surface area contributed by atoms with Crippen molar-refractivity contribution in [2.75, 3.05) is 5.73 Å². The van der Waals surface area contributed by atoms with Crippen molar-refractivity contribution in [3.05, 3.63) is 58.0 Å². The summed E-state index contributed by atoms with van der Waals surface area (Å²) in [6, 6.07) is 8.90. The second-order valence-electron chi connectivity index (χ2n) is 5.27. The van der Waals surface area contributed by atoms with E-state index in [9.17, 15) is 4.79 Å². The molecule has 0 saturated heterocycles. The summed E-state index contributed by atoms with van der Waals surface area (Å²) in [5.74, 6) is 0.330. The normalized spacial score (nSPS) is 10.9. The average Bonchev–Trinajstić information content (AvgIpc) is 3.07. The van der Waals surface area contributed by atoms with E-state index in [0.29, 0.717) is 33.1 Å². The van der Waals surface area contributed by atoms with Crippen molar-refractivity contribution in [3.63, 3.8) is 0 Å². The van der Waals surface area contributed by atoms with Crippen LogP contribution in [0.1, 0.15) is 5.69 Å². The van der Waals surface area contributed by atoms with Crippen LogP contribution in [-0.2, 0) is 0 Å². The molecule has 0 radical (unpaired) electrons. The van der Waals surface area contributed by atoms with Gasteiger partial charge in [0.1, 0.15) is 16.1 Å². The van der Waals surface area contributed by atoms with E-state index in [-0.39, 0.29) is 5.56 Å². The number of aromatic nitrogens is 4. The van der Waals surface area contributed by atoms with Gasteiger partial charge in [-0.2, -0.15) is 0 Å². The fourth-order valence-electron chi connectivity index (χ4n) is 2.49. The second-order valence-corrected chi connectivity index (χ2v) is 6.15. The molecule has 0 aliphatic heterocycles. The van der Waals surface area contributed by atoms with E-state index >= 15 is 0 Å². The molecule has 0 bridgehead atoms. The Morgan fingerprint density at radius 3 is 2.80 bits per heavy atom. The monoisotopic (exact) mass is 348 g/mol. The molecular formula is C17H12N6OS. The van der Waals surface area contributed by atoms with Gasteiger partial charge in [0, 0.05) is 23.4 Å². The number of aromatic amines is 1. The molecule has 0 atom stereocenters. The quantitative estimate of drug-likeness (QED) is 0.491. The Morgan fingerprint density at radius 1 is 1.16 bits per heavy atom. The van der Waals surface area contributed by atoms with Gasteiger partial charge in [-0.3, -0.25) is 9.78 Å². The summed E-state index contributed by atoms with van der Waals surface area (Å²) in [5, 5.41) is 9.25. The van der Waals surface area contributed by atoms with Crippen LogP contribution < -0.4 is 11.3 Å². The zero-order valence-electron chi connectivity index (χ0n) is 12.9. The Bertz CT molecular complexity index is 1150. The molecule has 0 aliphatic carbocycles. The highest BCUT2D eigenvalue weighted by Gasteiger charge is 2.15. The highest BCUT2D eigenvalue weighted by atomic mass is 32.1. The lowest BCUT2D eigenvalue weighted by Crippen LogP contribution is -2.09. The maximum absolute atomic E-state index is 12.4. The summed E-state index contributed by atoms with van der Waals surface area (Å²) in [6.45, 7) is 0. The van der Waals surface area contributed by atoms with Crippen LogP contribution in [0, 0.1) is 5.41 Å². The first-order valence-corrected chi connectivity index (χ1v) is 8.25. The summed E-state index contributed by atoms with van der Waals surface area (Å²) in [5.41, 5.74) is 8.84. The van der Waals surface area contributed by atoms with Gasteiger partial charge in [-0.15, -0.1) is 11.3 Å². The van der Waals surface area contributed by atoms with Crippen LogP contribution >= 0.6 is 11.3 Å². The number of anilines is 1. The van der Waals surface area contributed by atoms with Gasteiger partial charge in [-0.05, 0) is 24.3 Å². The van der Waals surface area contributed by atoms with Gasteiger partial charge in [0.25, 0.3) is 5.56 Å². The molecule has 4 N–H and O–H groups in total. The van der Waals surface area contributed by atoms with Crippen molar-refractivity contribution in [1.29, 1.82) is 5.41 Å². The van der Waals surface area contributed by atoms with E-state index in [2.05, 4.69) is 19.9 Å². The molecule has 0 aromatic carbocycles. The summed E-state index contributed by atoms with van der Waals surface area (Å²) < 4.78 is 0.534. The molecular weight excluding hydrogens is 336 g/mol. The molecule has 0 unspecified atom stereocenters. The molecule has 122 valence electrons. The maximum Gasteiger partial charge on any atom is 0.269 e. The fourth-order valence-corrected chi connectivity index (χ4v) is 3.38. The second kappa shape index (κ2) is 5.91.